The van der Waals surface area contributed by atoms with E-state index in [1.807, 2.05) is 30.5 Å². The Bertz CT molecular complexity index is 650. The fourth-order valence-electron chi connectivity index (χ4n) is 2.58. The number of pyridine rings is 1. The summed E-state index contributed by atoms with van der Waals surface area (Å²) in [6, 6.07) is 7.58. The van der Waals surface area contributed by atoms with Gasteiger partial charge in [-0.2, -0.15) is 0 Å². The standard InChI is InChI=1S/C16H18ClN3O2S/c17-15-4-3-13(23-15)10-19-16(21)20-12-5-7-22-14(8-12)11-2-1-6-18-9-11/h1-4,6,9,12,14H,5,7-8,10H2,(H2,19,20,21). The van der Waals surface area contributed by atoms with Crippen molar-refractivity contribution < 1.29 is 9.53 Å². The fourth-order valence-corrected chi connectivity index (χ4v) is 3.60. The lowest BCUT2D eigenvalue weighted by atomic mass is 9.99. The van der Waals surface area contributed by atoms with Crippen molar-refractivity contribution in [3.05, 3.63) is 51.4 Å². The van der Waals surface area contributed by atoms with Gasteiger partial charge in [-0.05, 0) is 36.6 Å². The van der Waals surface area contributed by atoms with Crippen LogP contribution >= 0.6 is 22.9 Å². The molecule has 0 saturated carbocycles. The van der Waals surface area contributed by atoms with Gasteiger partial charge in [0.05, 0.1) is 17.0 Å². The van der Waals surface area contributed by atoms with Crippen molar-refractivity contribution in [1.82, 2.24) is 15.6 Å². The third kappa shape index (κ3) is 4.67. The monoisotopic (exact) mass is 351 g/mol. The van der Waals surface area contributed by atoms with Crippen molar-refractivity contribution in [3.8, 4) is 0 Å². The van der Waals surface area contributed by atoms with E-state index in [1.165, 1.54) is 11.3 Å². The first-order valence-electron chi connectivity index (χ1n) is 7.51. The van der Waals surface area contributed by atoms with E-state index in [-0.39, 0.29) is 18.2 Å². The largest absolute Gasteiger partial charge is 0.373 e. The van der Waals surface area contributed by atoms with Gasteiger partial charge in [0.15, 0.2) is 0 Å². The van der Waals surface area contributed by atoms with Crippen LogP contribution in [0.4, 0.5) is 4.79 Å². The zero-order valence-electron chi connectivity index (χ0n) is 12.5. The first kappa shape index (κ1) is 16.2. The van der Waals surface area contributed by atoms with E-state index in [0.29, 0.717) is 13.2 Å². The van der Waals surface area contributed by atoms with E-state index in [4.69, 9.17) is 16.3 Å². The van der Waals surface area contributed by atoms with E-state index < -0.39 is 0 Å². The van der Waals surface area contributed by atoms with Crippen molar-refractivity contribution in [2.75, 3.05) is 6.61 Å². The van der Waals surface area contributed by atoms with Gasteiger partial charge in [0.1, 0.15) is 0 Å². The smallest absolute Gasteiger partial charge is 0.315 e. The molecule has 2 aromatic heterocycles. The van der Waals surface area contributed by atoms with Crippen LogP contribution in [-0.2, 0) is 11.3 Å². The molecular formula is C16H18ClN3O2S. The van der Waals surface area contributed by atoms with E-state index in [2.05, 4.69) is 15.6 Å². The summed E-state index contributed by atoms with van der Waals surface area (Å²) in [4.78, 5) is 17.2. The quantitative estimate of drug-likeness (QED) is 0.885. The van der Waals surface area contributed by atoms with Crippen molar-refractivity contribution in [1.29, 1.82) is 0 Å². The molecule has 0 bridgehead atoms. The molecule has 0 spiro atoms. The Morgan fingerprint density at radius 2 is 2.35 bits per heavy atom. The van der Waals surface area contributed by atoms with Gasteiger partial charge >= 0.3 is 6.03 Å². The second-order valence-corrected chi connectivity index (χ2v) is 7.20. The van der Waals surface area contributed by atoms with Crippen LogP contribution in [0.2, 0.25) is 4.34 Å². The molecule has 23 heavy (non-hydrogen) atoms. The summed E-state index contributed by atoms with van der Waals surface area (Å²) in [5.74, 6) is 0. The predicted octanol–water partition coefficient (Wildman–Crippen LogP) is 3.52. The van der Waals surface area contributed by atoms with Crippen molar-refractivity contribution in [3.63, 3.8) is 0 Å². The summed E-state index contributed by atoms with van der Waals surface area (Å²) in [5.41, 5.74) is 1.05. The molecule has 1 aliphatic heterocycles. The van der Waals surface area contributed by atoms with Gasteiger partial charge in [-0.3, -0.25) is 4.98 Å². The van der Waals surface area contributed by atoms with E-state index in [0.717, 1.165) is 27.6 Å². The fraction of sp³-hybridized carbons (Fsp3) is 0.375. The summed E-state index contributed by atoms with van der Waals surface area (Å²) < 4.78 is 6.51. The SMILES string of the molecule is O=C(NCc1ccc(Cl)s1)NC1CCOC(c2cccnc2)C1. The Morgan fingerprint density at radius 1 is 1.43 bits per heavy atom. The van der Waals surface area contributed by atoms with Crippen molar-refractivity contribution in [2.45, 2.75) is 31.5 Å². The van der Waals surface area contributed by atoms with Crippen molar-refractivity contribution >= 4 is 29.0 Å². The van der Waals surface area contributed by atoms with Gasteiger partial charge in [0.25, 0.3) is 0 Å². The van der Waals surface area contributed by atoms with Gasteiger partial charge in [0.2, 0.25) is 0 Å². The minimum Gasteiger partial charge on any atom is -0.373 e. The summed E-state index contributed by atoms with van der Waals surface area (Å²) in [5, 5.41) is 5.88. The van der Waals surface area contributed by atoms with Crippen LogP contribution in [0.25, 0.3) is 0 Å². The summed E-state index contributed by atoms with van der Waals surface area (Å²) in [6.45, 7) is 1.11. The predicted molar refractivity (Wildman–Crippen MR) is 90.7 cm³/mol. The highest BCUT2D eigenvalue weighted by Crippen LogP contribution is 2.27. The van der Waals surface area contributed by atoms with E-state index >= 15 is 0 Å². The molecule has 5 nitrogen and oxygen atoms in total. The highest BCUT2D eigenvalue weighted by molar-refractivity contribution is 7.16. The van der Waals surface area contributed by atoms with Gasteiger partial charge in [-0.25, -0.2) is 4.79 Å². The average Bonchev–Trinajstić information content (AvgIpc) is 3.00. The highest BCUT2D eigenvalue weighted by atomic mass is 35.5. The maximum absolute atomic E-state index is 12.0. The summed E-state index contributed by atoms with van der Waals surface area (Å²) in [7, 11) is 0. The van der Waals surface area contributed by atoms with Gasteiger partial charge in [-0.1, -0.05) is 17.7 Å². The minimum atomic E-state index is -0.161. The first-order valence-corrected chi connectivity index (χ1v) is 8.70. The van der Waals surface area contributed by atoms with Crippen molar-refractivity contribution in [2.24, 2.45) is 0 Å². The Morgan fingerprint density at radius 3 is 3.09 bits per heavy atom. The zero-order chi connectivity index (χ0) is 16.1. The number of nitrogens with one attached hydrogen (secondary N) is 2. The molecule has 2 aromatic rings. The molecule has 0 aliphatic carbocycles. The zero-order valence-corrected chi connectivity index (χ0v) is 14.1. The van der Waals surface area contributed by atoms with Crippen LogP contribution in [0.3, 0.4) is 0 Å². The lowest BCUT2D eigenvalue weighted by Crippen LogP contribution is -2.44. The Hall–Kier alpha value is -1.63. The number of carbonyl (C=O) groups excluding carboxylic acids is 1. The number of nitrogens with zero attached hydrogens (tertiary/aromatic N) is 1. The maximum Gasteiger partial charge on any atom is 0.315 e. The Balaban J connectivity index is 1.48. The first-order chi connectivity index (χ1) is 11.2. The summed E-state index contributed by atoms with van der Waals surface area (Å²) >= 11 is 7.35. The lowest BCUT2D eigenvalue weighted by molar-refractivity contribution is 0.00207. The third-order valence-electron chi connectivity index (χ3n) is 3.73. The average molecular weight is 352 g/mol. The molecule has 7 heteroatoms. The normalized spacial score (nSPS) is 20.9. The molecule has 2 amide bonds. The van der Waals surface area contributed by atoms with Crippen LogP contribution in [0.1, 0.15) is 29.4 Å². The van der Waals surface area contributed by atoms with Gasteiger partial charge < -0.3 is 15.4 Å². The molecule has 2 atom stereocenters. The third-order valence-corrected chi connectivity index (χ3v) is 4.96. The molecule has 122 valence electrons. The Kier molecular flexibility index (Phi) is 5.48. The molecular weight excluding hydrogens is 334 g/mol. The molecule has 1 fully saturated rings. The lowest BCUT2D eigenvalue weighted by Gasteiger charge is -2.30. The molecule has 0 aromatic carbocycles. The number of amides is 2. The van der Waals surface area contributed by atoms with Crippen LogP contribution in [0.5, 0.6) is 0 Å². The Labute approximate surface area is 144 Å². The number of rotatable bonds is 4. The van der Waals surface area contributed by atoms with Crippen LogP contribution in [0, 0.1) is 0 Å². The number of carbonyl (C=O) groups is 1. The van der Waals surface area contributed by atoms with Gasteiger partial charge in [-0.15, -0.1) is 11.3 Å². The molecule has 1 aliphatic rings. The molecule has 2 N–H and O–H groups in total. The number of aromatic nitrogens is 1. The molecule has 3 heterocycles. The van der Waals surface area contributed by atoms with Crippen LogP contribution < -0.4 is 10.6 Å². The van der Waals surface area contributed by atoms with Gasteiger partial charge in [0, 0.05) is 29.9 Å². The number of ether oxygens (including phenoxy) is 1. The number of thiophene rings is 1. The second kappa shape index (κ2) is 7.77. The number of hydrogen-bond donors (Lipinski definition) is 2. The number of halogens is 1. The molecule has 1 saturated heterocycles. The molecule has 2 unspecified atom stereocenters. The van der Waals surface area contributed by atoms with Crippen LogP contribution in [-0.4, -0.2) is 23.7 Å². The summed E-state index contributed by atoms with van der Waals surface area (Å²) in [6.07, 6.45) is 5.11. The second-order valence-electron chi connectivity index (χ2n) is 5.40. The van der Waals surface area contributed by atoms with Crippen LogP contribution in [0.15, 0.2) is 36.7 Å². The molecule has 0 radical (unpaired) electrons. The topological polar surface area (TPSA) is 63.2 Å². The maximum atomic E-state index is 12.0. The van der Waals surface area contributed by atoms with E-state index in [1.54, 1.807) is 6.20 Å². The molecule has 3 rings (SSSR count). The minimum absolute atomic E-state index is 0.0150. The van der Waals surface area contributed by atoms with E-state index in [9.17, 15) is 4.79 Å². The number of urea groups is 1. The highest BCUT2D eigenvalue weighted by Gasteiger charge is 2.25. The number of hydrogen-bond acceptors (Lipinski definition) is 4.